The van der Waals surface area contributed by atoms with Crippen molar-refractivity contribution in [2.45, 2.75) is 85.0 Å². The highest BCUT2D eigenvalue weighted by Crippen LogP contribution is 2.24. The molecule has 0 rings (SSSR count). The quantitative estimate of drug-likeness (QED) is 0.483. The van der Waals surface area contributed by atoms with Crippen LogP contribution in [0.2, 0.25) is 0 Å². The first kappa shape index (κ1) is 17.5. The van der Waals surface area contributed by atoms with Crippen molar-refractivity contribution in [2.75, 3.05) is 0 Å². The molecule has 0 aliphatic heterocycles. The molecular formula is C16H32O2. The summed E-state index contributed by atoms with van der Waals surface area (Å²) in [5, 5.41) is 9.24. The number of carboxylic acid groups (broad SMARTS) is 1. The zero-order valence-electron chi connectivity index (χ0n) is 12.6. The maximum Gasteiger partial charge on any atom is 0.306 e. The van der Waals surface area contributed by atoms with Gasteiger partial charge in [-0.25, -0.2) is 0 Å². The van der Waals surface area contributed by atoms with Crippen LogP contribution >= 0.6 is 0 Å². The normalized spacial score (nSPS) is 14.4. The Kier molecular flexibility index (Phi) is 11.2. The van der Waals surface area contributed by atoms with Gasteiger partial charge in [-0.15, -0.1) is 0 Å². The highest BCUT2D eigenvalue weighted by Gasteiger charge is 2.23. The fourth-order valence-electron chi connectivity index (χ4n) is 2.52. The molecule has 0 radical (unpaired) electrons. The summed E-state index contributed by atoms with van der Waals surface area (Å²) in [6.45, 7) is 6.46. The minimum atomic E-state index is -0.595. The largest absolute Gasteiger partial charge is 0.481 e. The second kappa shape index (κ2) is 11.6. The summed E-state index contributed by atoms with van der Waals surface area (Å²) in [6, 6.07) is 0. The zero-order chi connectivity index (χ0) is 13.8. The Bertz CT molecular complexity index is 201. The topological polar surface area (TPSA) is 37.3 Å². The number of hydrogen-bond acceptors (Lipinski definition) is 1. The number of rotatable bonds is 12. The van der Waals surface area contributed by atoms with E-state index in [2.05, 4.69) is 20.8 Å². The third-order valence-corrected chi connectivity index (χ3v) is 3.89. The first-order chi connectivity index (χ1) is 8.63. The molecule has 0 aliphatic carbocycles. The minimum absolute atomic E-state index is 0.124. The number of unbranched alkanes of at least 4 members (excludes halogenated alkanes) is 6. The molecule has 2 heteroatoms. The van der Waals surface area contributed by atoms with Crippen LogP contribution in [0, 0.1) is 11.8 Å². The molecule has 0 heterocycles. The molecule has 0 aromatic heterocycles. The molecule has 0 spiro atoms. The van der Waals surface area contributed by atoms with E-state index in [1.54, 1.807) is 0 Å². The Labute approximate surface area is 113 Å². The second-order valence-corrected chi connectivity index (χ2v) is 5.62. The summed E-state index contributed by atoms with van der Waals surface area (Å²) in [5.41, 5.74) is 0. The summed E-state index contributed by atoms with van der Waals surface area (Å²) >= 11 is 0. The third-order valence-electron chi connectivity index (χ3n) is 3.89. The Morgan fingerprint density at radius 1 is 0.889 bits per heavy atom. The lowest BCUT2D eigenvalue weighted by molar-refractivity contribution is -0.143. The van der Waals surface area contributed by atoms with Gasteiger partial charge in [-0.2, -0.15) is 0 Å². The van der Waals surface area contributed by atoms with Crippen LogP contribution in [0.1, 0.15) is 85.0 Å². The van der Waals surface area contributed by atoms with Crippen molar-refractivity contribution >= 4 is 5.97 Å². The van der Waals surface area contributed by atoms with Crippen molar-refractivity contribution in [1.29, 1.82) is 0 Å². The van der Waals surface area contributed by atoms with Gasteiger partial charge in [0.15, 0.2) is 0 Å². The summed E-state index contributed by atoms with van der Waals surface area (Å²) in [6.07, 6.45) is 11.8. The Balaban J connectivity index is 3.74. The number of carbonyl (C=O) groups is 1. The molecule has 0 aromatic carbocycles. The average molecular weight is 256 g/mol. The molecule has 108 valence electrons. The molecular weight excluding hydrogens is 224 g/mol. The maximum atomic E-state index is 11.2. The van der Waals surface area contributed by atoms with Gasteiger partial charge < -0.3 is 5.11 Å². The maximum absolute atomic E-state index is 11.2. The Morgan fingerprint density at radius 2 is 1.44 bits per heavy atom. The summed E-state index contributed by atoms with van der Waals surface area (Å²) in [4.78, 5) is 11.2. The van der Waals surface area contributed by atoms with Crippen LogP contribution in [0.5, 0.6) is 0 Å². The SMILES string of the molecule is CCCCCCCCC(C)C(CCCC)C(=O)O. The Morgan fingerprint density at radius 3 is 2.00 bits per heavy atom. The van der Waals surface area contributed by atoms with E-state index in [0.29, 0.717) is 5.92 Å². The van der Waals surface area contributed by atoms with E-state index in [1.165, 1.54) is 38.5 Å². The monoisotopic (exact) mass is 256 g/mol. The lowest BCUT2D eigenvalue weighted by Gasteiger charge is -2.19. The third kappa shape index (κ3) is 8.54. The molecule has 0 aromatic rings. The van der Waals surface area contributed by atoms with Crippen LogP contribution in [0.3, 0.4) is 0 Å². The van der Waals surface area contributed by atoms with E-state index in [0.717, 1.165) is 25.7 Å². The van der Waals surface area contributed by atoms with Gasteiger partial charge in [0, 0.05) is 0 Å². The second-order valence-electron chi connectivity index (χ2n) is 5.62. The summed E-state index contributed by atoms with van der Waals surface area (Å²) in [5.74, 6) is -0.386. The predicted octanol–water partition coefficient (Wildman–Crippen LogP) is 5.26. The molecule has 18 heavy (non-hydrogen) atoms. The highest BCUT2D eigenvalue weighted by atomic mass is 16.4. The smallest absolute Gasteiger partial charge is 0.306 e. The Hall–Kier alpha value is -0.530. The lowest BCUT2D eigenvalue weighted by atomic mass is 9.85. The van der Waals surface area contributed by atoms with Crippen molar-refractivity contribution in [2.24, 2.45) is 11.8 Å². The molecule has 2 atom stereocenters. The van der Waals surface area contributed by atoms with Crippen molar-refractivity contribution in [3.63, 3.8) is 0 Å². The lowest BCUT2D eigenvalue weighted by Crippen LogP contribution is -2.21. The van der Waals surface area contributed by atoms with Crippen LogP contribution in [-0.2, 0) is 4.79 Å². The average Bonchev–Trinajstić information content (AvgIpc) is 2.33. The number of hydrogen-bond donors (Lipinski definition) is 1. The molecule has 0 fully saturated rings. The first-order valence-electron chi connectivity index (χ1n) is 7.86. The van der Waals surface area contributed by atoms with E-state index < -0.39 is 5.97 Å². The predicted molar refractivity (Wildman–Crippen MR) is 77.8 cm³/mol. The first-order valence-corrected chi connectivity index (χ1v) is 7.86. The molecule has 0 aliphatic rings. The zero-order valence-corrected chi connectivity index (χ0v) is 12.6. The van der Waals surface area contributed by atoms with Crippen molar-refractivity contribution in [1.82, 2.24) is 0 Å². The van der Waals surface area contributed by atoms with E-state index in [-0.39, 0.29) is 5.92 Å². The van der Waals surface area contributed by atoms with Gasteiger partial charge in [-0.05, 0) is 18.8 Å². The van der Waals surface area contributed by atoms with Gasteiger partial charge >= 0.3 is 5.97 Å². The summed E-state index contributed by atoms with van der Waals surface area (Å²) < 4.78 is 0. The fraction of sp³-hybridized carbons (Fsp3) is 0.938. The van der Waals surface area contributed by atoms with Crippen LogP contribution < -0.4 is 0 Å². The molecule has 0 bridgehead atoms. The summed E-state index contributed by atoms with van der Waals surface area (Å²) in [7, 11) is 0. The number of aliphatic carboxylic acids is 1. The van der Waals surface area contributed by atoms with Gasteiger partial charge in [-0.3, -0.25) is 4.79 Å². The van der Waals surface area contributed by atoms with E-state index in [1.807, 2.05) is 0 Å². The van der Waals surface area contributed by atoms with Crippen LogP contribution in [0.15, 0.2) is 0 Å². The standard InChI is InChI=1S/C16H32O2/c1-4-6-8-9-10-11-12-14(3)15(16(17)18)13-7-5-2/h14-15H,4-13H2,1-3H3,(H,17,18). The van der Waals surface area contributed by atoms with E-state index >= 15 is 0 Å². The molecule has 2 nitrogen and oxygen atoms in total. The molecule has 2 unspecified atom stereocenters. The van der Waals surface area contributed by atoms with Gasteiger partial charge in [0.2, 0.25) is 0 Å². The van der Waals surface area contributed by atoms with Crippen LogP contribution in [0.4, 0.5) is 0 Å². The van der Waals surface area contributed by atoms with Crippen LogP contribution in [0.25, 0.3) is 0 Å². The molecule has 1 N–H and O–H groups in total. The van der Waals surface area contributed by atoms with Gasteiger partial charge in [0.25, 0.3) is 0 Å². The molecule has 0 amide bonds. The van der Waals surface area contributed by atoms with E-state index in [9.17, 15) is 9.90 Å². The fourth-order valence-corrected chi connectivity index (χ4v) is 2.52. The highest BCUT2D eigenvalue weighted by molar-refractivity contribution is 5.70. The van der Waals surface area contributed by atoms with E-state index in [4.69, 9.17) is 0 Å². The van der Waals surface area contributed by atoms with Gasteiger partial charge in [0.05, 0.1) is 5.92 Å². The van der Waals surface area contributed by atoms with Crippen LogP contribution in [-0.4, -0.2) is 11.1 Å². The molecule has 0 saturated heterocycles. The van der Waals surface area contributed by atoms with Gasteiger partial charge in [0.1, 0.15) is 0 Å². The van der Waals surface area contributed by atoms with Crippen molar-refractivity contribution < 1.29 is 9.90 Å². The molecule has 0 saturated carbocycles. The van der Waals surface area contributed by atoms with Gasteiger partial charge in [-0.1, -0.05) is 72.1 Å². The van der Waals surface area contributed by atoms with Crippen molar-refractivity contribution in [3.8, 4) is 0 Å². The minimum Gasteiger partial charge on any atom is -0.481 e. The number of carboxylic acids is 1. The van der Waals surface area contributed by atoms with Crippen molar-refractivity contribution in [3.05, 3.63) is 0 Å².